The van der Waals surface area contributed by atoms with Gasteiger partial charge >= 0.3 is 12.0 Å². The lowest BCUT2D eigenvalue weighted by Crippen LogP contribution is -2.45. The number of benzene rings is 1. The summed E-state index contributed by atoms with van der Waals surface area (Å²) in [5.74, 6) is -2.76. The van der Waals surface area contributed by atoms with Crippen molar-refractivity contribution in [1.29, 1.82) is 0 Å². The van der Waals surface area contributed by atoms with Gasteiger partial charge in [-0.25, -0.2) is 14.0 Å². The van der Waals surface area contributed by atoms with Crippen LogP contribution in [0.3, 0.4) is 0 Å². The predicted octanol–water partition coefficient (Wildman–Crippen LogP) is 0.584. The van der Waals surface area contributed by atoms with E-state index in [0.29, 0.717) is 0 Å². The topological polar surface area (TPSA) is 122 Å². The minimum Gasteiger partial charge on any atom is -0.480 e. The van der Waals surface area contributed by atoms with Crippen LogP contribution in [0, 0.1) is 12.7 Å². The molecule has 1 rings (SSSR count). The Morgan fingerprint density at radius 1 is 1.40 bits per heavy atom. The van der Waals surface area contributed by atoms with Crippen LogP contribution in [0.4, 0.5) is 14.9 Å². The van der Waals surface area contributed by atoms with Crippen LogP contribution >= 0.6 is 0 Å². The van der Waals surface area contributed by atoms with E-state index in [1.54, 1.807) is 0 Å². The number of carboxylic acid groups (broad SMARTS) is 1. The molecule has 0 heterocycles. The Bertz CT molecular complexity index is 548. The van der Waals surface area contributed by atoms with Crippen LogP contribution in [-0.2, 0) is 9.59 Å². The monoisotopic (exact) mass is 283 g/mol. The zero-order valence-electron chi connectivity index (χ0n) is 10.6. The van der Waals surface area contributed by atoms with Crippen LogP contribution in [0.25, 0.3) is 0 Å². The summed E-state index contributed by atoms with van der Waals surface area (Å²) in [6.07, 6.45) is -0.537. The molecule has 0 saturated heterocycles. The number of carboxylic acids is 1. The quantitative estimate of drug-likeness (QED) is 0.631. The van der Waals surface area contributed by atoms with Crippen LogP contribution in [0.2, 0.25) is 0 Å². The summed E-state index contributed by atoms with van der Waals surface area (Å²) in [6, 6.07) is 1.78. The Balaban J connectivity index is 2.73. The second-order valence-electron chi connectivity index (χ2n) is 4.07. The van der Waals surface area contributed by atoms with Gasteiger partial charge < -0.3 is 21.5 Å². The van der Waals surface area contributed by atoms with E-state index in [0.717, 1.165) is 0 Å². The van der Waals surface area contributed by atoms with Crippen molar-refractivity contribution in [2.45, 2.75) is 19.4 Å². The first kappa shape index (κ1) is 15.4. The molecule has 1 atom stereocenters. The lowest BCUT2D eigenvalue weighted by atomic mass is 10.2. The number of primary amides is 1. The Morgan fingerprint density at radius 2 is 2.05 bits per heavy atom. The maximum Gasteiger partial charge on any atom is 0.326 e. The van der Waals surface area contributed by atoms with Gasteiger partial charge in [-0.1, -0.05) is 6.07 Å². The van der Waals surface area contributed by atoms with Crippen LogP contribution in [0.1, 0.15) is 12.0 Å². The van der Waals surface area contributed by atoms with Gasteiger partial charge in [-0.2, -0.15) is 0 Å². The van der Waals surface area contributed by atoms with E-state index in [1.807, 2.05) is 0 Å². The molecular formula is C12H14FN3O4. The Hall–Kier alpha value is -2.64. The molecule has 0 fully saturated rings. The van der Waals surface area contributed by atoms with Crippen LogP contribution in [0.5, 0.6) is 0 Å². The molecule has 0 spiro atoms. The van der Waals surface area contributed by atoms with Crippen molar-refractivity contribution in [2.24, 2.45) is 5.73 Å². The van der Waals surface area contributed by atoms with Crippen molar-refractivity contribution in [3.63, 3.8) is 0 Å². The van der Waals surface area contributed by atoms with Gasteiger partial charge in [0.2, 0.25) is 5.91 Å². The van der Waals surface area contributed by atoms with Crippen molar-refractivity contribution < 1.29 is 23.9 Å². The molecule has 5 N–H and O–H groups in total. The summed E-state index contributed by atoms with van der Waals surface area (Å²) < 4.78 is 13.3. The molecule has 108 valence electrons. The third kappa shape index (κ3) is 4.23. The summed E-state index contributed by atoms with van der Waals surface area (Å²) in [4.78, 5) is 33.1. The molecule has 7 nitrogen and oxygen atoms in total. The van der Waals surface area contributed by atoms with Crippen molar-refractivity contribution in [3.8, 4) is 0 Å². The molecule has 8 heteroatoms. The molecule has 0 radical (unpaired) electrons. The van der Waals surface area contributed by atoms with E-state index in [4.69, 9.17) is 10.8 Å². The molecule has 0 bridgehead atoms. The number of aliphatic carboxylic acids is 1. The lowest BCUT2D eigenvalue weighted by molar-refractivity contribution is -0.140. The summed E-state index contributed by atoms with van der Waals surface area (Å²) in [5, 5.41) is 13.2. The third-order valence-electron chi connectivity index (χ3n) is 2.52. The first-order valence-electron chi connectivity index (χ1n) is 5.65. The zero-order valence-corrected chi connectivity index (χ0v) is 10.6. The van der Waals surface area contributed by atoms with Gasteiger partial charge in [0.15, 0.2) is 0 Å². The van der Waals surface area contributed by atoms with Crippen molar-refractivity contribution in [2.75, 3.05) is 5.32 Å². The van der Waals surface area contributed by atoms with Crippen LogP contribution < -0.4 is 16.4 Å². The molecular weight excluding hydrogens is 269 g/mol. The largest absolute Gasteiger partial charge is 0.480 e. The molecule has 3 amide bonds. The van der Waals surface area contributed by atoms with Gasteiger partial charge in [0.1, 0.15) is 11.9 Å². The fourth-order valence-electron chi connectivity index (χ4n) is 1.46. The Kier molecular flexibility index (Phi) is 5.01. The summed E-state index contributed by atoms with van der Waals surface area (Å²) in [5.41, 5.74) is 5.29. The highest BCUT2D eigenvalue weighted by atomic mass is 19.1. The number of nitrogens with one attached hydrogen (secondary N) is 2. The van der Waals surface area contributed by atoms with E-state index in [9.17, 15) is 18.8 Å². The Morgan fingerprint density at radius 3 is 2.60 bits per heavy atom. The minimum atomic E-state index is -1.44. The van der Waals surface area contributed by atoms with Gasteiger partial charge in [-0.3, -0.25) is 4.79 Å². The van der Waals surface area contributed by atoms with E-state index in [1.165, 1.54) is 25.1 Å². The molecule has 0 aromatic heterocycles. The van der Waals surface area contributed by atoms with E-state index < -0.39 is 36.2 Å². The van der Waals surface area contributed by atoms with Crippen molar-refractivity contribution in [1.82, 2.24) is 5.32 Å². The molecule has 1 aromatic carbocycles. The lowest BCUT2D eigenvalue weighted by Gasteiger charge is -2.14. The van der Waals surface area contributed by atoms with E-state index in [2.05, 4.69) is 10.6 Å². The SMILES string of the molecule is Cc1c(F)cccc1NC(=O)NC(CC(N)=O)C(=O)O. The number of rotatable bonds is 5. The molecule has 20 heavy (non-hydrogen) atoms. The molecule has 1 unspecified atom stereocenters. The smallest absolute Gasteiger partial charge is 0.326 e. The molecule has 0 aliphatic rings. The number of carbonyl (C=O) groups excluding carboxylic acids is 2. The highest BCUT2D eigenvalue weighted by Crippen LogP contribution is 2.17. The number of carbonyl (C=O) groups is 3. The normalized spacial score (nSPS) is 11.5. The number of urea groups is 1. The second-order valence-corrected chi connectivity index (χ2v) is 4.07. The molecule has 0 saturated carbocycles. The van der Waals surface area contributed by atoms with Gasteiger partial charge in [0.05, 0.1) is 6.42 Å². The maximum atomic E-state index is 13.3. The highest BCUT2D eigenvalue weighted by molar-refractivity contribution is 5.94. The minimum absolute atomic E-state index is 0.200. The van der Waals surface area contributed by atoms with Gasteiger partial charge in [-0.05, 0) is 19.1 Å². The number of hydrogen-bond acceptors (Lipinski definition) is 3. The number of hydrogen-bond donors (Lipinski definition) is 4. The zero-order chi connectivity index (χ0) is 15.3. The average Bonchev–Trinajstić information content (AvgIpc) is 2.33. The maximum absolute atomic E-state index is 13.3. The number of halogens is 1. The van der Waals surface area contributed by atoms with Crippen molar-refractivity contribution >= 4 is 23.6 Å². The molecule has 1 aromatic rings. The Labute approximate surface area is 114 Å². The summed E-state index contributed by atoms with van der Waals surface area (Å²) >= 11 is 0. The van der Waals surface area contributed by atoms with Crippen LogP contribution in [0.15, 0.2) is 18.2 Å². The average molecular weight is 283 g/mol. The third-order valence-corrected chi connectivity index (χ3v) is 2.52. The highest BCUT2D eigenvalue weighted by Gasteiger charge is 2.22. The first-order valence-corrected chi connectivity index (χ1v) is 5.65. The number of anilines is 1. The summed E-state index contributed by atoms with van der Waals surface area (Å²) in [6.45, 7) is 1.46. The molecule has 0 aliphatic heterocycles. The molecule has 0 aliphatic carbocycles. The van der Waals surface area contributed by atoms with Gasteiger partial charge in [0.25, 0.3) is 0 Å². The fourth-order valence-corrected chi connectivity index (χ4v) is 1.46. The number of amides is 3. The van der Waals surface area contributed by atoms with Crippen LogP contribution in [-0.4, -0.2) is 29.1 Å². The summed E-state index contributed by atoms with van der Waals surface area (Å²) in [7, 11) is 0. The van der Waals surface area contributed by atoms with E-state index >= 15 is 0 Å². The predicted molar refractivity (Wildman–Crippen MR) is 68.5 cm³/mol. The second kappa shape index (κ2) is 6.50. The van der Waals surface area contributed by atoms with Crippen molar-refractivity contribution in [3.05, 3.63) is 29.6 Å². The van der Waals surface area contributed by atoms with Gasteiger partial charge in [0, 0.05) is 11.3 Å². The standard InChI is InChI=1S/C12H14FN3O4/c1-6-7(13)3-2-4-8(6)15-12(20)16-9(11(18)19)5-10(14)17/h2-4,9H,5H2,1H3,(H2,14,17)(H,18,19)(H2,15,16,20). The number of nitrogens with two attached hydrogens (primary N) is 1. The van der Waals surface area contributed by atoms with E-state index in [-0.39, 0.29) is 11.3 Å². The first-order chi connectivity index (χ1) is 9.31. The van der Waals surface area contributed by atoms with Gasteiger partial charge in [-0.15, -0.1) is 0 Å². The fraction of sp³-hybridized carbons (Fsp3) is 0.250.